The molecule has 0 saturated carbocycles. The van der Waals surface area contributed by atoms with Crippen LogP contribution in [0.25, 0.3) is 0 Å². The molecule has 0 aromatic carbocycles. The zero-order valence-electron chi connectivity index (χ0n) is 17.6. The van der Waals surface area contributed by atoms with Crippen LogP contribution in [0.15, 0.2) is 23.3 Å². The molecular weight excluding hydrogens is 388 g/mol. The van der Waals surface area contributed by atoms with Crippen LogP contribution in [0.1, 0.15) is 65.2 Å². The highest BCUT2D eigenvalue weighted by Crippen LogP contribution is 2.51. The van der Waals surface area contributed by atoms with Gasteiger partial charge in [0.05, 0.1) is 18.6 Å². The van der Waals surface area contributed by atoms with Crippen molar-refractivity contribution in [3.05, 3.63) is 23.3 Å². The van der Waals surface area contributed by atoms with E-state index in [1.54, 1.807) is 13.0 Å². The van der Waals surface area contributed by atoms with Gasteiger partial charge in [0, 0.05) is 24.0 Å². The fourth-order valence-electron chi connectivity index (χ4n) is 5.30. The molecule has 1 spiro atoms. The van der Waals surface area contributed by atoms with Crippen LogP contribution in [0.4, 0.5) is 0 Å². The number of hydrogen-bond donors (Lipinski definition) is 1. The molecule has 0 amide bonds. The number of hydrogen-bond acceptors (Lipinski definition) is 7. The summed E-state index contributed by atoms with van der Waals surface area (Å²) in [6.45, 7) is 3.81. The number of ketones is 1. The minimum atomic E-state index is -1.28. The Morgan fingerprint density at radius 1 is 1.17 bits per heavy atom. The van der Waals surface area contributed by atoms with Crippen molar-refractivity contribution in [2.24, 2.45) is 11.8 Å². The average Bonchev–Trinajstić information content (AvgIpc) is 3.18. The number of aliphatic hydroxyl groups excluding tert-OH is 1. The number of esters is 2. The van der Waals surface area contributed by atoms with Crippen molar-refractivity contribution in [3.8, 4) is 0 Å². The molecule has 164 valence electrons. The molecule has 3 heterocycles. The predicted octanol–water partition coefficient (Wildman–Crippen LogP) is 2.75. The van der Waals surface area contributed by atoms with Crippen LogP contribution in [0.5, 0.6) is 0 Å². The predicted molar refractivity (Wildman–Crippen MR) is 106 cm³/mol. The third kappa shape index (κ3) is 3.52. The van der Waals surface area contributed by atoms with Crippen molar-refractivity contribution in [1.29, 1.82) is 0 Å². The van der Waals surface area contributed by atoms with Gasteiger partial charge in [-0.3, -0.25) is 9.59 Å². The van der Waals surface area contributed by atoms with Crippen LogP contribution in [0, 0.1) is 11.8 Å². The van der Waals surface area contributed by atoms with E-state index >= 15 is 0 Å². The Kier molecular flexibility index (Phi) is 5.62. The van der Waals surface area contributed by atoms with Gasteiger partial charge in [-0.15, -0.1) is 0 Å². The summed E-state index contributed by atoms with van der Waals surface area (Å²) in [5.74, 6) is -3.55. The van der Waals surface area contributed by atoms with Gasteiger partial charge in [0.1, 0.15) is 0 Å². The second kappa shape index (κ2) is 7.93. The Bertz CT molecular complexity index is 812. The van der Waals surface area contributed by atoms with Gasteiger partial charge < -0.3 is 19.3 Å². The molecule has 4 aliphatic rings. The maximum Gasteiger partial charge on any atom is 0.333 e. The van der Waals surface area contributed by atoms with Crippen molar-refractivity contribution in [2.45, 2.75) is 82.7 Å². The van der Waals surface area contributed by atoms with E-state index in [0.717, 1.165) is 37.7 Å². The lowest BCUT2D eigenvalue weighted by Gasteiger charge is -2.42. The smallest absolute Gasteiger partial charge is 0.333 e. The molecule has 1 aliphatic carbocycles. The topological polar surface area (TPSA) is 99.1 Å². The molecule has 1 N–H and O–H groups in total. The quantitative estimate of drug-likeness (QED) is 0.501. The Balaban J connectivity index is 1.51. The molecule has 7 heteroatoms. The van der Waals surface area contributed by atoms with Crippen molar-refractivity contribution >= 4 is 17.7 Å². The molecule has 5 atom stereocenters. The van der Waals surface area contributed by atoms with E-state index in [1.807, 2.05) is 0 Å². The van der Waals surface area contributed by atoms with Gasteiger partial charge in [-0.1, -0.05) is 44.6 Å². The van der Waals surface area contributed by atoms with Gasteiger partial charge >= 0.3 is 11.9 Å². The summed E-state index contributed by atoms with van der Waals surface area (Å²) in [7, 11) is 0. The molecule has 1 saturated heterocycles. The van der Waals surface area contributed by atoms with Gasteiger partial charge in [-0.2, -0.15) is 0 Å². The number of rotatable bonds is 7. The Morgan fingerprint density at radius 2 is 1.93 bits per heavy atom. The molecule has 0 aromatic heterocycles. The van der Waals surface area contributed by atoms with Crippen LogP contribution >= 0.6 is 0 Å². The highest BCUT2D eigenvalue weighted by Gasteiger charge is 2.62. The normalized spacial score (nSPS) is 36.0. The molecule has 0 aromatic rings. The van der Waals surface area contributed by atoms with Crippen molar-refractivity contribution in [2.75, 3.05) is 6.61 Å². The highest BCUT2D eigenvalue weighted by molar-refractivity contribution is 6.06. The first-order valence-corrected chi connectivity index (χ1v) is 11.0. The van der Waals surface area contributed by atoms with Gasteiger partial charge in [-0.25, -0.2) is 4.79 Å². The fraction of sp³-hybridized carbons (Fsp3) is 0.696. The molecule has 1 fully saturated rings. The van der Waals surface area contributed by atoms with Crippen LogP contribution in [0.3, 0.4) is 0 Å². The average molecular weight is 418 g/mol. The maximum atomic E-state index is 13.3. The van der Waals surface area contributed by atoms with Gasteiger partial charge in [0.2, 0.25) is 11.6 Å². The largest absolute Gasteiger partial charge is 0.450 e. The maximum absolute atomic E-state index is 13.3. The lowest BCUT2D eigenvalue weighted by Crippen LogP contribution is -2.51. The third-order valence-electron chi connectivity index (χ3n) is 7.03. The standard InChI is InChI=1S/C23H30O7/c1-3-4-5-6-7-8-17(24)19-16-11-14-12-23(10-9-18(25)29-23)28-13-15(14)20(26)22(16,2)30-21(19)27/h9-10,16-17,19,24H,3-8,11-13H2,1-2H3/t16-,17-,19+,22-,23+/m1/s1. The van der Waals surface area contributed by atoms with E-state index in [9.17, 15) is 19.5 Å². The number of carbonyl (C=O) groups is 3. The molecular formula is C23H30O7. The van der Waals surface area contributed by atoms with Crippen molar-refractivity contribution < 1.29 is 33.7 Å². The Hall–Kier alpha value is -1.99. The summed E-state index contributed by atoms with van der Waals surface area (Å²) in [6.07, 6.45) is 8.57. The van der Waals surface area contributed by atoms with E-state index in [0.29, 0.717) is 18.4 Å². The number of fused-ring (bicyclic) bond motifs is 1. The second-order valence-corrected chi connectivity index (χ2v) is 9.08. The summed E-state index contributed by atoms with van der Waals surface area (Å²) in [4.78, 5) is 37.5. The van der Waals surface area contributed by atoms with E-state index in [4.69, 9.17) is 14.2 Å². The molecule has 0 unspecified atom stereocenters. The lowest BCUT2D eigenvalue weighted by molar-refractivity contribution is -0.199. The summed E-state index contributed by atoms with van der Waals surface area (Å²) >= 11 is 0. The summed E-state index contributed by atoms with van der Waals surface area (Å²) < 4.78 is 16.6. The number of ether oxygens (including phenoxy) is 3. The SMILES string of the molecule is CCCCCCC[C@@H](O)[C@H]1C(=O)O[C@@]2(C)C(=O)C3=C(C[C@H]12)C[C@@]1(C=CC(=O)O1)OC3. The summed E-state index contributed by atoms with van der Waals surface area (Å²) in [5.41, 5.74) is 0.0459. The number of aliphatic hydroxyl groups is 1. The molecule has 3 aliphatic heterocycles. The fourth-order valence-corrected chi connectivity index (χ4v) is 5.30. The first-order valence-electron chi connectivity index (χ1n) is 11.0. The minimum absolute atomic E-state index is 0.0102. The Morgan fingerprint density at radius 3 is 2.63 bits per heavy atom. The van der Waals surface area contributed by atoms with Crippen LogP contribution in [-0.4, -0.2) is 46.9 Å². The summed E-state index contributed by atoms with van der Waals surface area (Å²) in [6, 6.07) is 0. The van der Waals surface area contributed by atoms with Crippen molar-refractivity contribution in [1.82, 2.24) is 0 Å². The zero-order valence-corrected chi connectivity index (χ0v) is 17.6. The first-order chi connectivity index (χ1) is 14.3. The zero-order chi connectivity index (χ0) is 21.5. The van der Waals surface area contributed by atoms with E-state index in [-0.39, 0.29) is 18.8 Å². The van der Waals surface area contributed by atoms with Crippen LogP contribution in [-0.2, 0) is 28.6 Å². The number of Topliss-reactive ketones (excluding diaryl/α,β-unsaturated/α-hetero) is 1. The number of unbranched alkanes of at least 4 members (excludes halogenated alkanes) is 4. The monoisotopic (exact) mass is 418 g/mol. The van der Waals surface area contributed by atoms with Crippen LogP contribution < -0.4 is 0 Å². The summed E-state index contributed by atoms with van der Waals surface area (Å²) in [5, 5.41) is 10.8. The van der Waals surface area contributed by atoms with Crippen LogP contribution in [0.2, 0.25) is 0 Å². The molecule has 0 radical (unpaired) electrons. The molecule has 7 nitrogen and oxygen atoms in total. The first kappa shape index (κ1) is 21.2. The van der Waals surface area contributed by atoms with Gasteiger partial charge in [0.25, 0.3) is 0 Å². The van der Waals surface area contributed by atoms with Gasteiger partial charge in [0.15, 0.2) is 5.60 Å². The minimum Gasteiger partial charge on any atom is -0.450 e. The van der Waals surface area contributed by atoms with Gasteiger partial charge in [-0.05, 0) is 25.8 Å². The van der Waals surface area contributed by atoms with E-state index in [1.165, 1.54) is 6.08 Å². The molecule has 4 rings (SSSR count). The number of carbonyl (C=O) groups excluding carboxylic acids is 3. The lowest BCUT2D eigenvalue weighted by atomic mass is 9.66. The third-order valence-corrected chi connectivity index (χ3v) is 7.03. The van der Waals surface area contributed by atoms with E-state index < -0.39 is 41.3 Å². The van der Waals surface area contributed by atoms with E-state index in [2.05, 4.69) is 6.92 Å². The van der Waals surface area contributed by atoms with Crippen molar-refractivity contribution in [3.63, 3.8) is 0 Å². The Labute approximate surface area is 176 Å². The molecule has 0 bridgehead atoms. The highest BCUT2D eigenvalue weighted by atomic mass is 16.7. The second-order valence-electron chi connectivity index (χ2n) is 9.08. The molecule has 30 heavy (non-hydrogen) atoms.